The summed E-state index contributed by atoms with van der Waals surface area (Å²) in [6.45, 7) is 0. The van der Waals surface area contributed by atoms with E-state index in [0.29, 0.717) is 22.6 Å². The van der Waals surface area contributed by atoms with Gasteiger partial charge in [0.15, 0.2) is 6.17 Å². The monoisotopic (exact) mass is 356 g/mol. The Balaban J connectivity index is 1.76. The smallest absolute Gasteiger partial charge is 0.262 e. The van der Waals surface area contributed by atoms with Gasteiger partial charge in [0, 0.05) is 17.6 Å². The summed E-state index contributed by atoms with van der Waals surface area (Å²) in [7, 11) is 1.60. The second-order valence-electron chi connectivity index (χ2n) is 6.05. The summed E-state index contributed by atoms with van der Waals surface area (Å²) in [5.41, 5.74) is 3.22. The quantitative estimate of drug-likeness (QED) is 0.770. The van der Waals surface area contributed by atoms with Crippen LogP contribution >= 0.6 is 0 Å². The number of hydrogen-bond acceptors (Lipinski definition) is 5. The van der Waals surface area contributed by atoms with E-state index in [1.54, 1.807) is 48.5 Å². The second-order valence-corrected chi connectivity index (χ2v) is 6.05. The van der Waals surface area contributed by atoms with Crippen LogP contribution in [0.2, 0.25) is 0 Å². The first-order chi connectivity index (χ1) is 13.2. The molecule has 1 N–H and O–H groups in total. The number of carbonyl (C=O) groups excluding carboxylic acids is 1. The van der Waals surface area contributed by atoms with E-state index in [0.717, 1.165) is 11.4 Å². The van der Waals surface area contributed by atoms with E-state index < -0.39 is 6.17 Å². The molecule has 2 heterocycles. The molecular formula is C21H16N4O2. The predicted molar refractivity (Wildman–Crippen MR) is 102 cm³/mol. The van der Waals surface area contributed by atoms with Crippen molar-refractivity contribution < 1.29 is 9.53 Å². The van der Waals surface area contributed by atoms with Crippen LogP contribution in [0.1, 0.15) is 27.8 Å². The van der Waals surface area contributed by atoms with Gasteiger partial charge in [-0.15, -0.1) is 0 Å². The number of nitrogens with one attached hydrogen (secondary N) is 1. The van der Waals surface area contributed by atoms with E-state index >= 15 is 0 Å². The highest BCUT2D eigenvalue weighted by molar-refractivity contribution is 6.11. The number of hydrogen-bond donors (Lipinski definition) is 1. The lowest BCUT2D eigenvalue weighted by atomic mass is 10.2. The average Bonchev–Trinajstić information content (AvgIpc) is 3.00. The number of amides is 1. The molecule has 0 spiro atoms. The third kappa shape index (κ3) is 2.96. The van der Waals surface area contributed by atoms with E-state index in [-0.39, 0.29) is 5.91 Å². The van der Waals surface area contributed by atoms with Crippen LogP contribution in [0.3, 0.4) is 0 Å². The van der Waals surface area contributed by atoms with Crippen molar-refractivity contribution >= 4 is 17.3 Å². The number of rotatable bonds is 4. The third-order valence-corrected chi connectivity index (χ3v) is 4.45. The summed E-state index contributed by atoms with van der Waals surface area (Å²) in [5, 5.41) is 12.5. The van der Waals surface area contributed by atoms with Crippen molar-refractivity contribution in [2.75, 3.05) is 17.3 Å². The normalized spacial score (nSPS) is 15.2. The van der Waals surface area contributed by atoms with Crippen molar-refractivity contribution in [3.8, 4) is 11.8 Å². The zero-order valence-corrected chi connectivity index (χ0v) is 14.6. The molecule has 3 aromatic rings. The van der Waals surface area contributed by atoms with Crippen molar-refractivity contribution in [1.29, 1.82) is 5.26 Å². The maximum atomic E-state index is 13.0. The molecule has 1 amide bonds. The van der Waals surface area contributed by atoms with E-state index in [9.17, 15) is 4.79 Å². The van der Waals surface area contributed by atoms with Gasteiger partial charge in [-0.3, -0.25) is 14.7 Å². The zero-order chi connectivity index (χ0) is 18.8. The van der Waals surface area contributed by atoms with E-state index in [1.165, 1.54) is 0 Å². The highest BCUT2D eigenvalue weighted by Crippen LogP contribution is 2.37. The highest BCUT2D eigenvalue weighted by atomic mass is 16.5. The largest absolute Gasteiger partial charge is 0.497 e. The van der Waals surface area contributed by atoms with Crippen LogP contribution in [-0.4, -0.2) is 18.0 Å². The standard InChI is InChI=1S/C21H16N4O2/c1-27-17-9-7-16(8-10-17)25-20(19-18(21(25)26)6-3-11-23-19)24-15-5-2-4-14(12-15)13-22/h2-12,20,24H,1H3. The number of aromatic nitrogens is 1. The summed E-state index contributed by atoms with van der Waals surface area (Å²) in [6.07, 6.45) is 1.19. The van der Waals surface area contributed by atoms with Crippen molar-refractivity contribution in [1.82, 2.24) is 4.98 Å². The van der Waals surface area contributed by atoms with Gasteiger partial charge in [-0.05, 0) is 54.6 Å². The molecule has 0 aliphatic carbocycles. The molecule has 0 bridgehead atoms. The Labute approximate surface area is 156 Å². The van der Waals surface area contributed by atoms with E-state index in [2.05, 4.69) is 16.4 Å². The van der Waals surface area contributed by atoms with Gasteiger partial charge in [-0.2, -0.15) is 5.26 Å². The van der Waals surface area contributed by atoms with Crippen LogP contribution in [-0.2, 0) is 0 Å². The van der Waals surface area contributed by atoms with Gasteiger partial charge < -0.3 is 10.1 Å². The molecule has 0 radical (unpaired) electrons. The van der Waals surface area contributed by atoms with Gasteiger partial charge in [-0.1, -0.05) is 6.07 Å². The molecular weight excluding hydrogens is 340 g/mol. The first kappa shape index (κ1) is 16.6. The van der Waals surface area contributed by atoms with Crippen LogP contribution in [0.15, 0.2) is 66.9 Å². The molecule has 0 saturated heterocycles. The lowest BCUT2D eigenvalue weighted by Crippen LogP contribution is -2.32. The maximum absolute atomic E-state index is 13.0. The van der Waals surface area contributed by atoms with E-state index in [4.69, 9.17) is 10.00 Å². The second kappa shape index (κ2) is 6.81. The number of fused-ring (bicyclic) bond motifs is 1. The van der Waals surface area contributed by atoms with Gasteiger partial charge >= 0.3 is 0 Å². The first-order valence-corrected chi connectivity index (χ1v) is 8.40. The molecule has 4 rings (SSSR count). The van der Waals surface area contributed by atoms with Gasteiger partial charge in [0.05, 0.1) is 30.0 Å². The Bertz CT molecular complexity index is 1040. The van der Waals surface area contributed by atoms with Crippen LogP contribution in [0.25, 0.3) is 0 Å². The van der Waals surface area contributed by atoms with Crippen LogP contribution < -0.4 is 15.0 Å². The summed E-state index contributed by atoms with van der Waals surface area (Å²) < 4.78 is 5.21. The Morgan fingerprint density at radius 3 is 2.70 bits per heavy atom. The van der Waals surface area contributed by atoms with Gasteiger partial charge in [-0.25, -0.2) is 0 Å². The molecule has 1 aliphatic rings. The molecule has 0 fully saturated rings. The third-order valence-electron chi connectivity index (χ3n) is 4.45. The molecule has 1 aromatic heterocycles. The number of ether oxygens (including phenoxy) is 1. The Morgan fingerprint density at radius 1 is 1.15 bits per heavy atom. The lowest BCUT2D eigenvalue weighted by Gasteiger charge is -2.26. The molecule has 6 nitrogen and oxygen atoms in total. The maximum Gasteiger partial charge on any atom is 0.262 e. The Morgan fingerprint density at radius 2 is 1.96 bits per heavy atom. The fourth-order valence-electron chi connectivity index (χ4n) is 3.16. The molecule has 1 atom stereocenters. The first-order valence-electron chi connectivity index (χ1n) is 8.40. The molecule has 1 aliphatic heterocycles. The predicted octanol–water partition coefficient (Wildman–Crippen LogP) is 3.73. The van der Waals surface area contributed by atoms with Crippen molar-refractivity contribution in [2.45, 2.75) is 6.17 Å². The molecule has 1 unspecified atom stereocenters. The summed E-state index contributed by atoms with van der Waals surface area (Å²) in [6, 6.07) is 20.1. The minimum Gasteiger partial charge on any atom is -0.497 e. The average molecular weight is 356 g/mol. The SMILES string of the molecule is COc1ccc(N2C(=O)c3cccnc3C2Nc2cccc(C#N)c2)cc1. The number of nitriles is 1. The topological polar surface area (TPSA) is 78.2 Å². The number of anilines is 2. The molecule has 132 valence electrons. The number of nitrogens with zero attached hydrogens (tertiary/aromatic N) is 3. The fourth-order valence-corrected chi connectivity index (χ4v) is 3.16. The van der Waals surface area contributed by atoms with Gasteiger partial charge in [0.1, 0.15) is 5.75 Å². The van der Waals surface area contributed by atoms with Gasteiger partial charge in [0.25, 0.3) is 5.91 Å². The van der Waals surface area contributed by atoms with Crippen LogP contribution in [0.4, 0.5) is 11.4 Å². The number of benzene rings is 2. The molecule has 6 heteroatoms. The number of methoxy groups -OCH3 is 1. The summed E-state index contributed by atoms with van der Waals surface area (Å²) >= 11 is 0. The summed E-state index contributed by atoms with van der Waals surface area (Å²) in [5.74, 6) is 0.587. The van der Waals surface area contributed by atoms with Crippen molar-refractivity contribution in [3.05, 3.63) is 83.7 Å². The summed E-state index contributed by atoms with van der Waals surface area (Å²) in [4.78, 5) is 19.1. The van der Waals surface area contributed by atoms with Crippen molar-refractivity contribution in [2.24, 2.45) is 0 Å². The van der Waals surface area contributed by atoms with E-state index in [1.807, 2.05) is 30.3 Å². The Kier molecular flexibility index (Phi) is 4.19. The Hall–Kier alpha value is -3.85. The van der Waals surface area contributed by atoms with Crippen LogP contribution in [0.5, 0.6) is 5.75 Å². The van der Waals surface area contributed by atoms with Gasteiger partial charge in [0.2, 0.25) is 0 Å². The fraction of sp³-hybridized carbons (Fsp3) is 0.0952. The van der Waals surface area contributed by atoms with Crippen LogP contribution in [0, 0.1) is 11.3 Å². The molecule has 0 saturated carbocycles. The molecule has 27 heavy (non-hydrogen) atoms. The number of pyridine rings is 1. The highest BCUT2D eigenvalue weighted by Gasteiger charge is 2.39. The van der Waals surface area contributed by atoms with Crippen molar-refractivity contribution in [3.63, 3.8) is 0 Å². The zero-order valence-electron chi connectivity index (χ0n) is 14.6. The number of carbonyl (C=O) groups is 1. The minimum absolute atomic E-state index is 0.128. The minimum atomic E-state index is -0.476. The molecule has 2 aromatic carbocycles. The lowest BCUT2D eigenvalue weighted by molar-refractivity contribution is 0.0993.